The van der Waals surface area contributed by atoms with Crippen LogP contribution in [0, 0.1) is 5.92 Å². The van der Waals surface area contributed by atoms with Crippen LogP contribution in [0.2, 0.25) is 5.28 Å². The van der Waals surface area contributed by atoms with E-state index in [4.69, 9.17) is 17.3 Å². The summed E-state index contributed by atoms with van der Waals surface area (Å²) in [4.78, 5) is 11.5. The van der Waals surface area contributed by atoms with Gasteiger partial charge >= 0.3 is 0 Å². The fourth-order valence-electron chi connectivity index (χ4n) is 1.61. The lowest BCUT2D eigenvalue weighted by Crippen LogP contribution is -2.16. The first kappa shape index (κ1) is 10.4. The molecule has 1 heterocycles. The Morgan fingerprint density at radius 2 is 2.13 bits per heavy atom. The van der Waals surface area contributed by atoms with Crippen molar-refractivity contribution in [2.75, 3.05) is 17.6 Å². The van der Waals surface area contributed by atoms with E-state index in [2.05, 4.69) is 20.3 Å². The molecule has 0 unspecified atom stereocenters. The molecule has 5 nitrogen and oxygen atoms in total. The zero-order valence-electron chi connectivity index (χ0n) is 8.41. The van der Waals surface area contributed by atoms with Crippen molar-refractivity contribution in [3.63, 3.8) is 0 Å². The molecule has 15 heavy (non-hydrogen) atoms. The second-order valence-corrected chi connectivity index (χ2v) is 4.14. The highest BCUT2D eigenvalue weighted by Gasteiger charge is 2.16. The van der Waals surface area contributed by atoms with Gasteiger partial charge in [-0.15, -0.1) is 0 Å². The maximum absolute atomic E-state index is 5.65. The van der Waals surface area contributed by atoms with Crippen LogP contribution in [-0.4, -0.2) is 21.5 Å². The number of halogens is 1. The maximum Gasteiger partial charge on any atom is 0.228 e. The molecule has 0 aromatic carbocycles. The van der Waals surface area contributed by atoms with Crippen LogP contribution in [0.1, 0.15) is 25.7 Å². The molecule has 0 spiro atoms. The van der Waals surface area contributed by atoms with Crippen molar-refractivity contribution in [1.29, 1.82) is 0 Å². The molecule has 0 saturated heterocycles. The monoisotopic (exact) mass is 227 g/mol. The van der Waals surface area contributed by atoms with Crippen LogP contribution in [0.5, 0.6) is 0 Å². The largest absolute Gasteiger partial charge is 0.368 e. The lowest BCUT2D eigenvalue weighted by molar-refractivity contribution is 0.303. The van der Waals surface area contributed by atoms with Gasteiger partial charge in [0.25, 0.3) is 0 Å². The zero-order chi connectivity index (χ0) is 10.7. The molecule has 0 amide bonds. The van der Waals surface area contributed by atoms with Crippen LogP contribution in [0.25, 0.3) is 0 Å². The maximum atomic E-state index is 5.65. The smallest absolute Gasteiger partial charge is 0.228 e. The lowest BCUT2D eigenvalue weighted by atomic mass is 9.83. The Balaban J connectivity index is 1.81. The summed E-state index contributed by atoms with van der Waals surface area (Å²) >= 11 is 5.65. The first-order chi connectivity index (χ1) is 7.24. The van der Waals surface area contributed by atoms with Crippen molar-refractivity contribution in [1.82, 2.24) is 15.0 Å². The third-order valence-corrected chi connectivity index (χ3v) is 2.85. The summed E-state index contributed by atoms with van der Waals surface area (Å²) in [6, 6.07) is 0. The Kier molecular flexibility index (Phi) is 3.20. The minimum absolute atomic E-state index is 0.133. The second-order valence-electron chi connectivity index (χ2n) is 3.80. The highest BCUT2D eigenvalue weighted by Crippen LogP contribution is 2.28. The molecule has 0 atom stereocenters. The summed E-state index contributed by atoms with van der Waals surface area (Å²) in [5, 5.41) is 3.23. The van der Waals surface area contributed by atoms with Gasteiger partial charge in [-0.25, -0.2) is 0 Å². The van der Waals surface area contributed by atoms with E-state index < -0.39 is 0 Å². The quantitative estimate of drug-likeness (QED) is 0.819. The number of nitrogens with zero attached hydrogens (tertiary/aromatic N) is 3. The van der Waals surface area contributed by atoms with E-state index in [9.17, 15) is 0 Å². The van der Waals surface area contributed by atoms with Gasteiger partial charge in [-0.3, -0.25) is 0 Å². The molecule has 2 rings (SSSR count). The Hall–Kier alpha value is -1.10. The lowest BCUT2D eigenvalue weighted by Gasteiger charge is -2.25. The van der Waals surface area contributed by atoms with Gasteiger partial charge in [0.15, 0.2) is 0 Å². The number of nitrogen functional groups attached to an aromatic ring is 1. The van der Waals surface area contributed by atoms with E-state index in [0.717, 1.165) is 18.9 Å². The van der Waals surface area contributed by atoms with Crippen LogP contribution in [0.4, 0.5) is 11.9 Å². The van der Waals surface area contributed by atoms with Gasteiger partial charge in [-0.1, -0.05) is 19.3 Å². The van der Waals surface area contributed by atoms with Crippen LogP contribution < -0.4 is 11.1 Å². The standard InChI is InChI=1S/C9H14ClN5/c10-7-13-8(11)15-9(14-7)12-5-4-6-2-1-3-6/h6H,1-5H2,(H3,11,12,13,14,15). The molecule has 1 fully saturated rings. The number of anilines is 2. The fourth-order valence-corrected chi connectivity index (χ4v) is 1.78. The topological polar surface area (TPSA) is 76.7 Å². The number of nitrogens with two attached hydrogens (primary N) is 1. The number of rotatable bonds is 4. The van der Waals surface area contributed by atoms with Crippen molar-refractivity contribution in [3.8, 4) is 0 Å². The van der Waals surface area contributed by atoms with Crippen LogP contribution in [0.3, 0.4) is 0 Å². The zero-order valence-corrected chi connectivity index (χ0v) is 9.17. The van der Waals surface area contributed by atoms with Crippen LogP contribution in [-0.2, 0) is 0 Å². The molecule has 1 aliphatic rings. The van der Waals surface area contributed by atoms with E-state index in [1.165, 1.54) is 19.3 Å². The molecule has 3 N–H and O–H groups in total. The Morgan fingerprint density at radius 1 is 1.33 bits per heavy atom. The number of nitrogens with one attached hydrogen (secondary N) is 1. The molecule has 0 radical (unpaired) electrons. The third kappa shape index (κ3) is 2.92. The SMILES string of the molecule is Nc1nc(Cl)nc(NCCC2CCC2)n1. The van der Waals surface area contributed by atoms with Gasteiger partial charge in [0.1, 0.15) is 0 Å². The van der Waals surface area contributed by atoms with E-state index in [-0.39, 0.29) is 11.2 Å². The average Bonchev–Trinajstić information content (AvgIpc) is 2.07. The summed E-state index contributed by atoms with van der Waals surface area (Å²) in [6.07, 6.45) is 5.22. The summed E-state index contributed by atoms with van der Waals surface area (Å²) in [5.41, 5.74) is 5.44. The van der Waals surface area contributed by atoms with Gasteiger partial charge in [0, 0.05) is 6.54 Å². The molecule has 82 valence electrons. The second kappa shape index (κ2) is 4.61. The minimum Gasteiger partial charge on any atom is -0.368 e. The molecular weight excluding hydrogens is 214 g/mol. The van der Waals surface area contributed by atoms with Gasteiger partial charge in [-0.05, 0) is 23.9 Å². The Bertz CT molecular complexity index is 319. The summed E-state index contributed by atoms with van der Waals surface area (Å²) in [6.45, 7) is 0.866. The summed E-state index contributed by atoms with van der Waals surface area (Å²) in [7, 11) is 0. The highest BCUT2D eigenvalue weighted by molar-refractivity contribution is 6.28. The van der Waals surface area contributed by atoms with E-state index in [1.807, 2.05) is 0 Å². The fraction of sp³-hybridized carbons (Fsp3) is 0.667. The predicted molar refractivity (Wildman–Crippen MR) is 59.7 cm³/mol. The molecule has 0 aliphatic heterocycles. The number of hydrogen-bond acceptors (Lipinski definition) is 5. The third-order valence-electron chi connectivity index (χ3n) is 2.69. The van der Waals surface area contributed by atoms with E-state index >= 15 is 0 Å². The van der Waals surface area contributed by atoms with Crippen LogP contribution in [0.15, 0.2) is 0 Å². The molecular formula is C9H14ClN5. The normalized spacial score (nSPS) is 16.1. The molecule has 1 saturated carbocycles. The highest BCUT2D eigenvalue weighted by atomic mass is 35.5. The first-order valence-electron chi connectivity index (χ1n) is 5.15. The van der Waals surface area contributed by atoms with E-state index in [1.54, 1.807) is 0 Å². The minimum atomic E-state index is 0.133. The number of aromatic nitrogens is 3. The van der Waals surface area contributed by atoms with Crippen molar-refractivity contribution in [2.45, 2.75) is 25.7 Å². The van der Waals surface area contributed by atoms with E-state index in [0.29, 0.717) is 5.95 Å². The summed E-state index contributed by atoms with van der Waals surface area (Å²) < 4.78 is 0. The van der Waals surface area contributed by atoms with Crippen molar-refractivity contribution >= 4 is 23.5 Å². The molecule has 6 heteroatoms. The molecule has 0 bridgehead atoms. The molecule has 1 aromatic rings. The first-order valence-corrected chi connectivity index (χ1v) is 5.53. The van der Waals surface area contributed by atoms with Crippen LogP contribution >= 0.6 is 11.6 Å². The van der Waals surface area contributed by atoms with Gasteiger partial charge in [0.05, 0.1) is 0 Å². The van der Waals surface area contributed by atoms with Gasteiger partial charge in [-0.2, -0.15) is 15.0 Å². The summed E-state index contributed by atoms with van der Waals surface area (Å²) in [5.74, 6) is 1.49. The van der Waals surface area contributed by atoms with Crippen molar-refractivity contribution in [3.05, 3.63) is 5.28 Å². The Labute approximate surface area is 93.5 Å². The van der Waals surface area contributed by atoms with Crippen molar-refractivity contribution < 1.29 is 0 Å². The van der Waals surface area contributed by atoms with Crippen molar-refractivity contribution in [2.24, 2.45) is 5.92 Å². The predicted octanol–water partition coefficient (Wildman–Crippen LogP) is 1.71. The number of hydrogen-bond donors (Lipinski definition) is 2. The molecule has 1 aromatic heterocycles. The van der Waals surface area contributed by atoms with Gasteiger partial charge < -0.3 is 11.1 Å². The average molecular weight is 228 g/mol. The molecule has 1 aliphatic carbocycles. The Morgan fingerprint density at radius 3 is 2.73 bits per heavy atom. The van der Waals surface area contributed by atoms with Gasteiger partial charge in [0.2, 0.25) is 17.2 Å².